The smallest absolute Gasteiger partial charge is 0.338 e. The van der Waals surface area contributed by atoms with Gasteiger partial charge in [-0.05, 0) is 32.0 Å². The van der Waals surface area contributed by atoms with Crippen LogP contribution >= 0.6 is 0 Å². The zero-order valence-electron chi connectivity index (χ0n) is 11.3. The SMILES string of the molecule is CCOC(C)CNC(=O)Nc1ccc(C(=O)O)c(F)c1. The van der Waals surface area contributed by atoms with Crippen LogP contribution in [0.2, 0.25) is 0 Å². The van der Waals surface area contributed by atoms with Crippen LogP contribution < -0.4 is 10.6 Å². The van der Waals surface area contributed by atoms with Crippen molar-refractivity contribution < 1.29 is 23.8 Å². The van der Waals surface area contributed by atoms with Gasteiger partial charge in [0.25, 0.3) is 0 Å². The molecule has 0 radical (unpaired) electrons. The van der Waals surface area contributed by atoms with E-state index in [0.717, 1.165) is 12.1 Å². The third-order valence-electron chi connectivity index (χ3n) is 2.46. The number of anilines is 1. The van der Waals surface area contributed by atoms with Crippen LogP contribution in [0.5, 0.6) is 0 Å². The molecule has 0 saturated carbocycles. The van der Waals surface area contributed by atoms with E-state index in [-0.39, 0.29) is 11.8 Å². The number of amides is 2. The van der Waals surface area contributed by atoms with Crippen LogP contribution in [0.3, 0.4) is 0 Å². The summed E-state index contributed by atoms with van der Waals surface area (Å²) in [6.45, 7) is 4.52. The number of ether oxygens (including phenoxy) is 1. The minimum Gasteiger partial charge on any atom is -0.478 e. The lowest BCUT2D eigenvalue weighted by Crippen LogP contribution is -2.35. The topological polar surface area (TPSA) is 87.7 Å². The van der Waals surface area contributed by atoms with Crippen molar-refractivity contribution in [2.75, 3.05) is 18.5 Å². The van der Waals surface area contributed by atoms with Crippen LogP contribution in [-0.4, -0.2) is 36.4 Å². The number of hydrogen-bond donors (Lipinski definition) is 3. The van der Waals surface area contributed by atoms with Crippen molar-refractivity contribution in [2.45, 2.75) is 20.0 Å². The Hall–Kier alpha value is -2.15. The molecule has 0 saturated heterocycles. The van der Waals surface area contributed by atoms with Crippen molar-refractivity contribution in [3.05, 3.63) is 29.6 Å². The molecular formula is C13H17FN2O4. The monoisotopic (exact) mass is 284 g/mol. The Kier molecular flexibility index (Phi) is 5.92. The number of rotatable bonds is 6. The Balaban J connectivity index is 2.54. The minimum atomic E-state index is -1.36. The predicted molar refractivity (Wildman–Crippen MR) is 71.5 cm³/mol. The number of carbonyl (C=O) groups is 2. The summed E-state index contributed by atoms with van der Waals surface area (Å²) >= 11 is 0. The molecule has 1 rings (SSSR count). The molecule has 0 bridgehead atoms. The first-order valence-electron chi connectivity index (χ1n) is 6.13. The molecule has 0 aliphatic carbocycles. The molecule has 0 aliphatic heterocycles. The summed E-state index contributed by atoms with van der Waals surface area (Å²) in [5, 5.41) is 13.6. The predicted octanol–water partition coefficient (Wildman–Crippen LogP) is 2.07. The van der Waals surface area contributed by atoms with Crippen LogP contribution in [0, 0.1) is 5.82 Å². The first-order chi connectivity index (χ1) is 9.43. The van der Waals surface area contributed by atoms with Crippen LogP contribution in [0.4, 0.5) is 14.9 Å². The second-order valence-corrected chi connectivity index (χ2v) is 4.10. The quantitative estimate of drug-likeness (QED) is 0.746. The number of carboxylic acid groups (broad SMARTS) is 1. The third kappa shape index (κ3) is 4.85. The molecule has 0 aliphatic rings. The number of carbonyl (C=O) groups excluding carboxylic acids is 1. The second-order valence-electron chi connectivity index (χ2n) is 4.10. The van der Waals surface area contributed by atoms with Gasteiger partial charge in [0.1, 0.15) is 5.82 Å². The van der Waals surface area contributed by atoms with Crippen LogP contribution in [0.15, 0.2) is 18.2 Å². The van der Waals surface area contributed by atoms with Crippen molar-refractivity contribution >= 4 is 17.7 Å². The number of hydrogen-bond acceptors (Lipinski definition) is 3. The number of nitrogens with one attached hydrogen (secondary N) is 2. The van der Waals surface area contributed by atoms with Crippen molar-refractivity contribution in [2.24, 2.45) is 0 Å². The summed E-state index contributed by atoms with van der Waals surface area (Å²) in [7, 11) is 0. The number of halogens is 1. The lowest BCUT2D eigenvalue weighted by molar-refractivity contribution is 0.0691. The van der Waals surface area contributed by atoms with Crippen molar-refractivity contribution in [1.29, 1.82) is 0 Å². The summed E-state index contributed by atoms with van der Waals surface area (Å²) in [5.74, 6) is -2.26. The molecule has 1 aromatic rings. The van der Waals surface area contributed by atoms with Gasteiger partial charge in [0, 0.05) is 18.8 Å². The fourth-order valence-corrected chi connectivity index (χ4v) is 1.52. The Morgan fingerprint density at radius 3 is 2.70 bits per heavy atom. The molecule has 1 unspecified atom stereocenters. The van der Waals surface area contributed by atoms with E-state index in [1.54, 1.807) is 0 Å². The van der Waals surface area contributed by atoms with E-state index in [9.17, 15) is 14.0 Å². The third-order valence-corrected chi connectivity index (χ3v) is 2.46. The fraction of sp³-hybridized carbons (Fsp3) is 0.385. The first kappa shape index (κ1) is 15.9. The van der Waals surface area contributed by atoms with Gasteiger partial charge < -0.3 is 20.5 Å². The first-order valence-corrected chi connectivity index (χ1v) is 6.13. The molecule has 0 fully saturated rings. The van der Waals surface area contributed by atoms with Gasteiger partial charge in [-0.2, -0.15) is 0 Å². The molecule has 0 heterocycles. The van der Waals surface area contributed by atoms with Crippen LogP contribution in [-0.2, 0) is 4.74 Å². The molecule has 1 aromatic carbocycles. The van der Waals surface area contributed by atoms with Crippen LogP contribution in [0.25, 0.3) is 0 Å². The standard InChI is InChI=1S/C13H17FN2O4/c1-3-20-8(2)7-15-13(19)16-9-4-5-10(12(17)18)11(14)6-9/h4-6,8H,3,7H2,1-2H3,(H,17,18)(H2,15,16,19). The molecule has 1 atom stereocenters. The van der Waals surface area contributed by atoms with Crippen molar-refractivity contribution in [3.8, 4) is 0 Å². The van der Waals surface area contributed by atoms with E-state index in [1.807, 2.05) is 13.8 Å². The highest BCUT2D eigenvalue weighted by Crippen LogP contribution is 2.14. The summed E-state index contributed by atoms with van der Waals surface area (Å²) < 4.78 is 18.6. The molecule has 6 nitrogen and oxygen atoms in total. The summed E-state index contributed by atoms with van der Waals surface area (Å²) in [6.07, 6.45) is -0.128. The number of benzene rings is 1. The van der Waals surface area contributed by atoms with E-state index < -0.39 is 23.4 Å². The lowest BCUT2D eigenvalue weighted by Gasteiger charge is -2.13. The normalized spacial score (nSPS) is 11.8. The highest BCUT2D eigenvalue weighted by atomic mass is 19.1. The zero-order chi connectivity index (χ0) is 15.1. The van der Waals surface area contributed by atoms with Crippen molar-refractivity contribution in [1.82, 2.24) is 5.32 Å². The highest BCUT2D eigenvalue weighted by molar-refractivity contribution is 5.91. The maximum atomic E-state index is 13.4. The number of carboxylic acids is 1. The Morgan fingerprint density at radius 2 is 2.15 bits per heavy atom. The largest absolute Gasteiger partial charge is 0.478 e. The van der Waals surface area contributed by atoms with Gasteiger partial charge in [0.05, 0.1) is 11.7 Å². The van der Waals surface area contributed by atoms with Gasteiger partial charge in [0.15, 0.2) is 0 Å². The Bertz CT molecular complexity index is 493. The number of urea groups is 1. The van der Waals surface area contributed by atoms with Crippen LogP contribution in [0.1, 0.15) is 24.2 Å². The zero-order valence-corrected chi connectivity index (χ0v) is 11.3. The van der Waals surface area contributed by atoms with E-state index in [4.69, 9.17) is 9.84 Å². The molecule has 20 heavy (non-hydrogen) atoms. The highest BCUT2D eigenvalue weighted by Gasteiger charge is 2.11. The molecule has 0 aromatic heterocycles. The van der Waals surface area contributed by atoms with E-state index in [0.29, 0.717) is 13.2 Å². The second kappa shape index (κ2) is 7.44. The molecule has 7 heteroatoms. The van der Waals surface area contributed by atoms with Gasteiger partial charge in [-0.25, -0.2) is 14.0 Å². The van der Waals surface area contributed by atoms with Gasteiger partial charge in [-0.15, -0.1) is 0 Å². The van der Waals surface area contributed by atoms with Gasteiger partial charge in [-0.1, -0.05) is 0 Å². The lowest BCUT2D eigenvalue weighted by atomic mass is 10.2. The van der Waals surface area contributed by atoms with Gasteiger partial charge in [0.2, 0.25) is 0 Å². The van der Waals surface area contributed by atoms with E-state index in [1.165, 1.54) is 6.07 Å². The van der Waals surface area contributed by atoms with Gasteiger partial charge >= 0.3 is 12.0 Å². The average molecular weight is 284 g/mol. The van der Waals surface area contributed by atoms with E-state index >= 15 is 0 Å². The summed E-state index contributed by atoms with van der Waals surface area (Å²) in [4.78, 5) is 22.2. The molecular weight excluding hydrogens is 267 g/mol. The van der Waals surface area contributed by atoms with Crippen molar-refractivity contribution in [3.63, 3.8) is 0 Å². The number of aromatic carboxylic acids is 1. The minimum absolute atomic E-state index is 0.128. The molecule has 110 valence electrons. The fourth-order valence-electron chi connectivity index (χ4n) is 1.52. The maximum absolute atomic E-state index is 13.4. The average Bonchev–Trinajstić information content (AvgIpc) is 2.36. The Morgan fingerprint density at radius 1 is 1.45 bits per heavy atom. The Labute approximate surface area is 115 Å². The summed E-state index contributed by atoms with van der Waals surface area (Å²) in [6, 6.07) is 2.85. The summed E-state index contributed by atoms with van der Waals surface area (Å²) in [5.41, 5.74) is -0.269. The molecule has 3 N–H and O–H groups in total. The maximum Gasteiger partial charge on any atom is 0.338 e. The molecule has 2 amide bonds. The van der Waals surface area contributed by atoms with Gasteiger partial charge in [-0.3, -0.25) is 0 Å². The molecule has 0 spiro atoms. The van der Waals surface area contributed by atoms with E-state index in [2.05, 4.69) is 10.6 Å².